The summed E-state index contributed by atoms with van der Waals surface area (Å²) in [5, 5.41) is 0. The summed E-state index contributed by atoms with van der Waals surface area (Å²) in [7, 11) is 1.67. The number of amides is 2. The molecule has 1 aliphatic carbocycles. The maximum Gasteiger partial charge on any atom is 0.307 e. The lowest BCUT2D eigenvalue weighted by molar-refractivity contribution is -0.144. The Balaban J connectivity index is 1.78. The summed E-state index contributed by atoms with van der Waals surface area (Å²) in [6.07, 6.45) is 2.62. The third-order valence-electron chi connectivity index (χ3n) is 3.83. The van der Waals surface area contributed by atoms with Crippen LogP contribution in [-0.4, -0.2) is 60.4 Å². The van der Waals surface area contributed by atoms with E-state index in [2.05, 4.69) is 0 Å². The van der Waals surface area contributed by atoms with Crippen LogP contribution in [-0.2, 0) is 19.1 Å². The largest absolute Gasteiger partial charge is 0.466 e. The van der Waals surface area contributed by atoms with Crippen molar-refractivity contribution in [1.29, 1.82) is 0 Å². The summed E-state index contributed by atoms with van der Waals surface area (Å²) in [4.78, 5) is 38.7. The summed E-state index contributed by atoms with van der Waals surface area (Å²) in [6, 6.07) is 0.366. The lowest BCUT2D eigenvalue weighted by Crippen LogP contribution is -2.36. The van der Waals surface area contributed by atoms with Gasteiger partial charge in [-0.25, -0.2) is 0 Å². The van der Waals surface area contributed by atoms with Crippen LogP contribution in [0.4, 0.5) is 0 Å². The molecule has 20 heavy (non-hydrogen) atoms. The van der Waals surface area contributed by atoms with E-state index in [4.69, 9.17) is 4.74 Å². The molecule has 1 atom stereocenters. The molecule has 6 nitrogen and oxygen atoms in total. The zero-order chi connectivity index (χ0) is 14.7. The van der Waals surface area contributed by atoms with Gasteiger partial charge in [-0.1, -0.05) is 0 Å². The molecule has 2 amide bonds. The minimum Gasteiger partial charge on any atom is -0.466 e. The van der Waals surface area contributed by atoms with Crippen molar-refractivity contribution < 1.29 is 19.1 Å². The van der Waals surface area contributed by atoms with E-state index in [0.717, 1.165) is 12.8 Å². The van der Waals surface area contributed by atoms with E-state index in [1.807, 2.05) is 4.90 Å². The monoisotopic (exact) mass is 282 g/mol. The van der Waals surface area contributed by atoms with Gasteiger partial charge >= 0.3 is 5.97 Å². The van der Waals surface area contributed by atoms with Gasteiger partial charge in [0.2, 0.25) is 11.8 Å². The van der Waals surface area contributed by atoms with Crippen LogP contribution in [0.15, 0.2) is 0 Å². The highest BCUT2D eigenvalue weighted by Crippen LogP contribution is 2.33. The van der Waals surface area contributed by atoms with E-state index in [1.165, 1.54) is 4.90 Å². The highest BCUT2D eigenvalue weighted by molar-refractivity contribution is 5.89. The van der Waals surface area contributed by atoms with Crippen LogP contribution < -0.4 is 0 Å². The van der Waals surface area contributed by atoms with Gasteiger partial charge in [0.25, 0.3) is 0 Å². The first-order chi connectivity index (χ1) is 9.52. The maximum absolute atomic E-state index is 12.2. The van der Waals surface area contributed by atoms with E-state index in [1.54, 1.807) is 14.0 Å². The molecule has 2 aliphatic rings. The molecular weight excluding hydrogens is 260 g/mol. The second-order valence-electron chi connectivity index (χ2n) is 5.49. The Morgan fingerprint density at radius 2 is 2.10 bits per heavy atom. The van der Waals surface area contributed by atoms with E-state index >= 15 is 0 Å². The number of hydrogen-bond donors (Lipinski definition) is 0. The second-order valence-corrected chi connectivity index (χ2v) is 5.49. The summed E-state index contributed by atoms with van der Waals surface area (Å²) in [6.45, 7) is 2.98. The van der Waals surface area contributed by atoms with Crippen LogP contribution in [0.1, 0.15) is 32.6 Å². The quantitative estimate of drug-likeness (QED) is 0.662. The molecule has 0 N–H and O–H groups in total. The fourth-order valence-electron chi connectivity index (χ4n) is 2.55. The number of likely N-dealkylation sites (tertiary alicyclic amines) is 1. The second kappa shape index (κ2) is 6.24. The van der Waals surface area contributed by atoms with E-state index in [-0.39, 0.29) is 30.1 Å². The topological polar surface area (TPSA) is 66.9 Å². The van der Waals surface area contributed by atoms with Crippen LogP contribution in [0.25, 0.3) is 0 Å². The molecule has 0 aromatic carbocycles. The maximum atomic E-state index is 12.2. The molecule has 0 spiro atoms. The number of ether oxygens (including phenoxy) is 1. The molecule has 6 heteroatoms. The van der Waals surface area contributed by atoms with Crippen LogP contribution in [0.2, 0.25) is 0 Å². The standard InChI is InChI=1S/C14H22N2O4/c1-3-20-13(18)6-7-15(2)14(19)10-8-12(17)16(9-10)11-4-5-11/h10-11H,3-9H2,1-2H3. The van der Waals surface area contributed by atoms with Crippen molar-refractivity contribution in [3.8, 4) is 0 Å². The van der Waals surface area contributed by atoms with Gasteiger partial charge in [0.05, 0.1) is 18.9 Å². The molecular formula is C14H22N2O4. The van der Waals surface area contributed by atoms with Gasteiger partial charge in [0.1, 0.15) is 0 Å². The van der Waals surface area contributed by atoms with Crippen LogP contribution >= 0.6 is 0 Å². The number of carbonyl (C=O) groups excluding carboxylic acids is 3. The van der Waals surface area contributed by atoms with E-state index in [0.29, 0.717) is 32.2 Å². The van der Waals surface area contributed by atoms with Crippen molar-refractivity contribution in [3.05, 3.63) is 0 Å². The summed E-state index contributed by atoms with van der Waals surface area (Å²) in [5.74, 6) is -0.514. The molecule has 1 saturated heterocycles. The normalized spacial score (nSPS) is 22.0. The molecule has 112 valence electrons. The Hall–Kier alpha value is -1.59. The first-order valence-corrected chi connectivity index (χ1v) is 7.23. The van der Waals surface area contributed by atoms with Crippen molar-refractivity contribution in [3.63, 3.8) is 0 Å². The zero-order valence-electron chi connectivity index (χ0n) is 12.1. The Bertz CT molecular complexity index is 406. The number of rotatable bonds is 6. The minimum atomic E-state index is -0.297. The molecule has 1 heterocycles. The molecule has 0 aromatic heterocycles. The van der Waals surface area contributed by atoms with E-state index in [9.17, 15) is 14.4 Å². The predicted octanol–water partition coefficient (Wildman–Crippen LogP) is 0.409. The zero-order valence-corrected chi connectivity index (χ0v) is 12.1. The van der Waals surface area contributed by atoms with Crippen LogP contribution in [0.5, 0.6) is 0 Å². The average Bonchev–Trinajstić information content (AvgIpc) is 3.18. The lowest BCUT2D eigenvalue weighted by atomic mass is 10.1. The molecule has 0 radical (unpaired) electrons. The molecule has 1 saturated carbocycles. The van der Waals surface area contributed by atoms with Gasteiger partial charge in [-0.05, 0) is 19.8 Å². The van der Waals surface area contributed by atoms with Gasteiger partial charge in [0, 0.05) is 32.6 Å². The van der Waals surface area contributed by atoms with Gasteiger partial charge in [0.15, 0.2) is 0 Å². The first kappa shape index (κ1) is 14.8. The molecule has 1 aliphatic heterocycles. The van der Waals surface area contributed by atoms with Gasteiger partial charge in [-0.2, -0.15) is 0 Å². The summed E-state index contributed by atoms with van der Waals surface area (Å²) in [5.41, 5.74) is 0. The van der Waals surface area contributed by atoms with Crippen molar-refractivity contribution in [2.24, 2.45) is 5.92 Å². The molecule has 0 aromatic rings. The Labute approximate surface area is 119 Å². The third kappa shape index (κ3) is 3.49. The Morgan fingerprint density at radius 3 is 2.70 bits per heavy atom. The van der Waals surface area contributed by atoms with Crippen molar-refractivity contribution >= 4 is 17.8 Å². The fraction of sp³-hybridized carbons (Fsp3) is 0.786. The number of hydrogen-bond acceptors (Lipinski definition) is 4. The van der Waals surface area contributed by atoms with Crippen LogP contribution in [0.3, 0.4) is 0 Å². The first-order valence-electron chi connectivity index (χ1n) is 7.23. The van der Waals surface area contributed by atoms with Crippen molar-refractivity contribution in [2.75, 3.05) is 26.7 Å². The SMILES string of the molecule is CCOC(=O)CCN(C)C(=O)C1CC(=O)N(C2CC2)C1. The fourth-order valence-corrected chi connectivity index (χ4v) is 2.55. The highest BCUT2D eigenvalue weighted by Gasteiger charge is 2.42. The summed E-state index contributed by atoms with van der Waals surface area (Å²) < 4.78 is 4.83. The summed E-state index contributed by atoms with van der Waals surface area (Å²) >= 11 is 0. The third-order valence-corrected chi connectivity index (χ3v) is 3.83. The molecule has 1 unspecified atom stereocenters. The average molecular weight is 282 g/mol. The number of esters is 1. The molecule has 0 bridgehead atoms. The highest BCUT2D eigenvalue weighted by atomic mass is 16.5. The van der Waals surface area contributed by atoms with Gasteiger partial charge in [-0.15, -0.1) is 0 Å². The van der Waals surface area contributed by atoms with Crippen molar-refractivity contribution in [2.45, 2.75) is 38.6 Å². The Morgan fingerprint density at radius 1 is 1.40 bits per heavy atom. The smallest absolute Gasteiger partial charge is 0.307 e. The van der Waals surface area contributed by atoms with Gasteiger partial charge in [-0.3, -0.25) is 14.4 Å². The Kier molecular flexibility index (Phi) is 4.62. The lowest BCUT2D eigenvalue weighted by Gasteiger charge is -2.21. The van der Waals surface area contributed by atoms with Gasteiger partial charge < -0.3 is 14.5 Å². The minimum absolute atomic E-state index is 0.0502. The molecule has 2 fully saturated rings. The number of nitrogens with zero attached hydrogens (tertiary/aromatic N) is 2. The van der Waals surface area contributed by atoms with Crippen LogP contribution in [0, 0.1) is 5.92 Å². The number of carbonyl (C=O) groups is 3. The molecule has 2 rings (SSSR count). The van der Waals surface area contributed by atoms with E-state index < -0.39 is 0 Å². The predicted molar refractivity (Wildman–Crippen MR) is 71.7 cm³/mol. The van der Waals surface area contributed by atoms with Crippen molar-refractivity contribution in [1.82, 2.24) is 9.80 Å².